The molecule has 0 unspecified atom stereocenters. The van der Waals surface area contributed by atoms with Crippen LogP contribution in [-0.2, 0) is 0 Å². The molecule has 1 aromatic heterocycles. The van der Waals surface area contributed by atoms with Crippen LogP contribution in [0.25, 0.3) is 0 Å². The van der Waals surface area contributed by atoms with Gasteiger partial charge in [0.1, 0.15) is 6.26 Å². The van der Waals surface area contributed by atoms with E-state index >= 15 is 0 Å². The summed E-state index contributed by atoms with van der Waals surface area (Å²) in [5, 5.41) is 3.25. The Bertz CT molecular complexity index is 665. The van der Waals surface area contributed by atoms with Crippen LogP contribution in [0.5, 0.6) is 0 Å². The van der Waals surface area contributed by atoms with Crippen LogP contribution in [0.2, 0.25) is 0 Å². The molecule has 106 valence electrons. The average molecular weight is 280 g/mol. The minimum Gasteiger partial charge on any atom is -0.384 e. The van der Waals surface area contributed by atoms with Gasteiger partial charge in [-0.15, -0.1) is 0 Å². The van der Waals surface area contributed by atoms with Gasteiger partial charge in [-0.1, -0.05) is 6.07 Å². The Morgan fingerprint density at radius 1 is 1.25 bits per heavy atom. The summed E-state index contributed by atoms with van der Waals surface area (Å²) < 4.78 is 32.8. The van der Waals surface area contributed by atoms with Crippen LogP contribution in [0.15, 0.2) is 39.8 Å². The fourth-order valence-electron chi connectivity index (χ4n) is 2.64. The van der Waals surface area contributed by atoms with Crippen molar-refractivity contribution in [2.24, 2.45) is 0 Å². The van der Waals surface area contributed by atoms with Crippen molar-refractivity contribution in [1.29, 1.82) is 0 Å². The van der Waals surface area contributed by atoms with Crippen LogP contribution in [-0.4, -0.2) is 11.3 Å². The summed E-state index contributed by atoms with van der Waals surface area (Å²) in [6.45, 7) is 0.682. The number of hydrogen-bond donors (Lipinski definition) is 1. The van der Waals surface area contributed by atoms with Crippen molar-refractivity contribution in [2.45, 2.75) is 24.9 Å². The molecule has 1 N–H and O–H groups in total. The van der Waals surface area contributed by atoms with E-state index in [1.54, 1.807) is 6.07 Å². The molecule has 1 aromatic carbocycles. The number of benzene rings is 1. The zero-order valence-electron chi connectivity index (χ0n) is 10.7. The molecule has 0 amide bonds. The minimum absolute atomic E-state index is 0.0723. The molecule has 1 aliphatic rings. The van der Waals surface area contributed by atoms with E-state index in [1.165, 1.54) is 23.1 Å². The monoisotopic (exact) mass is 280 g/mol. The highest BCUT2D eigenvalue weighted by molar-refractivity contribution is 5.22. The number of nitrogens with one attached hydrogen (secondary N) is 1. The minimum atomic E-state index is -0.860. The van der Waals surface area contributed by atoms with Gasteiger partial charge in [0.15, 0.2) is 11.6 Å². The van der Waals surface area contributed by atoms with Crippen molar-refractivity contribution in [2.75, 3.05) is 6.54 Å². The molecule has 0 radical (unpaired) electrons. The van der Waals surface area contributed by atoms with Gasteiger partial charge in [-0.05, 0) is 37.1 Å². The van der Waals surface area contributed by atoms with Gasteiger partial charge < -0.3 is 9.84 Å². The second kappa shape index (κ2) is 5.20. The third-order valence-corrected chi connectivity index (χ3v) is 3.66. The topological polar surface area (TPSA) is 47.2 Å². The number of hydrogen-bond acceptors (Lipinski definition) is 3. The van der Waals surface area contributed by atoms with Crippen LogP contribution in [0.3, 0.4) is 0 Å². The molecule has 2 atom stereocenters. The van der Waals surface area contributed by atoms with E-state index in [0.29, 0.717) is 18.5 Å². The third kappa shape index (κ3) is 2.38. The first-order valence-corrected chi connectivity index (χ1v) is 6.50. The molecule has 4 nitrogen and oxygen atoms in total. The van der Waals surface area contributed by atoms with E-state index in [1.807, 2.05) is 0 Å². The van der Waals surface area contributed by atoms with E-state index < -0.39 is 11.6 Å². The van der Waals surface area contributed by atoms with Crippen molar-refractivity contribution in [3.8, 4) is 0 Å². The SMILES string of the molecule is O=c1ccon1[C@H]1CCN[C@H](c2ccc(F)c(F)c2)C1. The Balaban J connectivity index is 1.83. The summed E-state index contributed by atoms with van der Waals surface area (Å²) in [6.07, 6.45) is 2.71. The van der Waals surface area contributed by atoms with Crippen LogP contribution in [0.1, 0.15) is 30.5 Å². The highest BCUT2D eigenvalue weighted by Gasteiger charge is 2.26. The quantitative estimate of drug-likeness (QED) is 0.918. The largest absolute Gasteiger partial charge is 0.384 e. The number of nitrogens with zero attached hydrogens (tertiary/aromatic N) is 1. The van der Waals surface area contributed by atoms with Gasteiger partial charge in [0.25, 0.3) is 5.56 Å². The first kappa shape index (κ1) is 13.1. The van der Waals surface area contributed by atoms with Crippen molar-refractivity contribution in [1.82, 2.24) is 10.1 Å². The molecule has 0 saturated carbocycles. The standard InChI is InChI=1S/C14H14F2N2O2/c15-11-2-1-9(7-12(11)16)13-8-10(3-5-17-13)18-14(19)4-6-20-18/h1-2,4,6-7,10,13,17H,3,5,8H2/t10-,13-/m0/s1. The van der Waals surface area contributed by atoms with Crippen molar-refractivity contribution in [3.05, 3.63) is 58.1 Å². The van der Waals surface area contributed by atoms with Crippen LogP contribution >= 0.6 is 0 Å². The predicted molar refractivity (Wildman–Crippen MR) is 68.3 cm³/mol. The first-order chi connectivity index (χ1) is 9.65. The maximum Gasteiger partial charge on any atom is 0.282 e. The number of rotatable bonds is 2. The molecule has 3 rings (SSSR count). The van der Waals surface area contributed by atoms with Crippen LogP contribution < -0.4 is 10.9 Å². The zero-order chi connectivity index (χ0) is 14.1. The molecule has 1 fully saturated rings. The van der Waals surface area contributed by atoms with Crippen molar-refractivity contribution < 1.29 is 13.3 Å². The summed E-state index contributed by atoms with van der Waals surface area (Å²) in [5.74, 6) is -1.72. The van der Waals surface area contributed by atoms with Gasteiger partial charge in [0, 0.05) is 12.1 Å². The van der Waals surface area contributed by atoms with Crippen molar-refractivity contribution >= 4 is 0 Å². The lowest BCUT2D eigenvalue weighted by Gasteiger charge is -2.30. The van der Waals surface area contributed by atoms with E-state index in [-0.39, 0.29) is 17.6 Å². The van der Waals surface area contributed by atoms with Gasteiger partial charge >= 0.3 is 0 Å². The molecule has 6 heteroatoms. The number of aromatic nitrogens is 1. The highest BCUT2D eigenvalue weighted by atomic mass is 19.2. The summed E-state index contributed by atoms with van der Waals surface area (Å²) in [5.41, 5.74) is 0.495. The molecule has 20 heavy (non-hydrogen) atoms. The van der Waals surface area contributed by atoms with Gasteiger partial charge in [0.2, 0.25) is 0 Å². The molecule has 0 bridgehead atoms. The second-order valence-electron chi connectivity index (χ2n) is 4.93. The fraction of sp³-hybridized carbons (Fsp3) is 0.357. The molecule has 1 saturated heterocycles. The molecule has 2 aromatic rings. The Morgan fingerprint density at radius 2 is 2.10 bits per heavy atom. The second-order valence-corrected chi connectivity index (χ2v) is 4.93. The van der Waals surface area contributed by atoms with Crippen LogP contribution in [0, 0.1) is 11.6 Å². The Hall–Kier alpha value is -1.95. The van der Waals surface area contributed by atoms with Gasteiger partial charge in [-0.2, -0.15) is 4.74 Å². The lowest BCUT2D eigenvalue weighted by Crippen LogP contribution is -2.35. The molecule has 2 heterocycles. The maximum atomic E-state index is 13.3. The van der Waals surface area contributed by atoms with Gasteiger partial charge in [-0.25, -0.2) is 8.78 Å². The summed E-state index contributed by atoms with van der Waals surface area (Å²) in [4.78, 5) is 11.6. The van der Waals surface area contributed by atoms with E-state index in [2.05, 4.69) is 5.32 Å². The molecular formula is C14H14F2N2O2. The summed E-state index contributed by atoms with van der Waals surface area (Å²) >= 11 is 0. The van der Waals surface area contributed by atoms with Crippen LogP contribution in [0.4, 0.5) is 8.78 Å². The first-order valence-electron chi connectivity index (χ1n) is 6.50. The van der Waals surface area contributed by atoms with Gasteiger partial charge in [0.05, 0.1) is 6.04 Å². The lowest BCUT2D eigenvalue weighted by molar-refractivity contribution is 0.161. The Kier molecular flexibility index (Phi) is 3.40. The van der Waals surface area contributed by atoms with E-state index in [9.17, 15) is 13.6 Å². The number of piperidine rings is 1. The van der Waals surface area contributed by atoms with E-state index in [4.69, 9.17) is 4.52 Å². The lowest BCUT2D eigenvalue weighted by atomic mass is 9.94. The summed E-state index contributed by atoms with van der Waals surface area (Å²) in [7, 11) is 0. The van der Waals surface area contributed by atoms with Gasteiger partial charge in [-0.3, -0.25) is 4.79 Å². The Morgan fingerprint density at radius 3 is 2.80 bits per heavy atom. The summed E-state index contributed by atoms with van der Waals surface area (Å²) in [6, 6.07) is 5.05. The average Bonchev–Trinajstić information content (AvgIpc) is 2.88. The molecular weight excluding hydrogens is 266 g/mol. The van der Waals surface area contributed by atoms with Crippen molar-refractivity contribution in [3.63, 3.8) is 0 Å². The molecule has 0 aliphatic carbocycles. The number of halogens is 2. The normalized spacial score (nSPS) is 22.9. The third-order valence-electron chi connectivity index (χ3n) is 3.66. The molecule has 1 aliphatic heterocycles. The molecule has 0 spiro atoms. The van der Waals surface area contributed by atoms with E-state index in [0.717, 1.165) is 12.5 Å². The smallest absolute Gasteiger partial charge is 0.282 e. The zero-order valence-corrected chi connectivity index (χ0v) is 10.7. The fourth-order valence-corrected chi connectivity index (χ4v) is 2.64. The Labute approximate surface area is 114 Å². The highest BCUT2D eigenvalue weighted by Crippen LogP contribution is 2.30. The predicted octanol–water partition coefficient (Wildman–Crippen LogP) is 2.39. The maximum absolute atomic E-state index is 13.3.